The van der Waals surface area contributed by atoms with Crippen LogP contribution in [-0.2, 0) is 12.8 Å². The summed E-state index contributed by atoms with van der Waals surface area (Å²) in [5.74, 6) is 0.251. The van der Waals surface area contributed by atoms with Gasteiger partial charge in [-0.05, 0) is 84.3 Å². The number of benzene rings is 2. The number of rotatable bonds is 7. The number of aromatic nitrogens is 2. The summed E-state index contributed by atoms with van der Waals surface area (Å²) < 4.78 is 0. The highest BCUT2D eigenvalue weighted by atomic mass is 35.5. The van der Waals surface area contributed by atoms with E-state index in [1.54, 1.807) is 55.0 Å². The van der Waals surface area contributed by atoms with Crippen molar-refractivity contribution in [3.8, 4) is 0 Å². The Morgan fingerprint density at radius 2 is 1.93 bits per heavy atom. The van der Waals surface area contributed by atoms with E-state index in [4.69, 9.17) is 16.6 Å². The zero-order chi connectivity index (χ0) is 29.1. The summed E-state index contributed by atoms with van der Waals surface area (Å²) in [5.41, 5.74) is 2.85. The minimum atomic E-state index is -0.438. The van der Waals surface area contributed by atoms with Gasteiger partial charge >= 0.3 is 0 Å². The van der Waals surface area contributed by atoms with Crippen molar-refractivity contribution < 1.29 is 9.72 Å². The number of nitrogens with one attached hydrogen (secondary N) is 1. The van der Waals surface area contributed by atoms with Crippen molar-refractivity contribution in [2.45, 2.75) is 50.1 Å². The van der Waals surface area contributed by atoms with Crippen LogP contribution in [0.5, 0.6) is 0 Å². The molecule has 0 fully saturated rings. The zero-order valence-corrected chi connectivity index (χ0v) is 25.1. The van der Waals surface area contributed by atoms with Crippen molar-refractivity contribution in [1.82, 2.24) is 9.97 Å². The standard InChI is InChI=1S/C30H28ClN5O3S2/c1-30(2,3)19-5-11-23-25(16-19)40-28(26(23)27(37)35-21-8-6-20(31)7-9-21)34-17-18-15-22(36(38)39)10-12-24(18)41-29-32-13-4-14-33-29/h4,6-10,12-15,17,19H,5,11,16H2,1-3H3,(H,35,37)/t19-/m1/s1. The van der Waals surface area contributed by atoms with Gasteiger partial charge in [-0.15, -0.1) is 11.3 Å². The molecule has 1 amide bonds. The fourth-order valence-electron chi connectivity index (χ4n) is 4.77. The highest BCUT2D eigenvalue weighted by Crippen LogP contribution is 2.45. The lowest BCUT2D eigenvalue weighted by atomic mass is 9.72. The molecule has 210 valence electrons. The Hall–Kier alpha value is -3.60. The molecule has 41 heavy (non-hydrogen) atoms. The van der Waals surface area contributed by atoms with E-state index < -0.39 is 4.92 Å². The number of hydrogen-bond acceptors (Lipinski definition) is 8. The number of carbonyl (C=O) groups is 1. The van der Waals surface area contributed by atoms with Gasteiger partial charge in [-0.3, -0.25) is 14.9 Å². The molecule has 4 aromatic rings. The van der Waals surface area contributed by atoms with Crippen LogP contribution in [0.3, 0.4) is 0 Å². The lowest BCUT2D eigenvalue weighted by Crippen LogP contribution is -2.27. The number of carbonyl (C=O) groups excluding carboxylic acids is 1. The Bertz CT molecular complexity index is 1620. The Balaban J connectivity index is 1.54. The fourth-order valence-corrected chi connectivity index (χ4v) is 6.95. The molecule has 0 aliphatic heterocycles. The van der Waals surface area contributed by atoms with E-state index in [1.807, 2.05) is 0 Å². The van der Waals surface area contributed by atoms with Crippen molar-refractivity contribution in [1.29, 1.82) is 0 Å². The Labute approximate surface area is 251 Å². The largest absolute Gasteiger partial charge is 0.322 e. The molecule has 2 heterocycles. The van der Waals surface area contributed by atoms with E-state index in [0.29, 0.717) is 42.8 Å². The van der Waals surface area contributed by atoms with Crippen LogP contribution in [-0.4, -0.2) is 27.0 Å². The van der Waals surface area contributed by atoms with E-state index in [-0.39, 0.29) is 17.0 Å². The first-order valence-corrected chi connectivity index (χ1v) is 15.1. The molecule has 2 aromatic carbocycles. The van der Waals surface area contributed by atoms with Gasteiger partial charge in [-0.1, -0.05) is 32.4 Å². The van der Waals surface area contributed by atoms with E-state index >= 15 is 0 Å². The molecule has 1 aliphatic rings. The summed E-state index contributed by atoms with van der Waals surface area (Å²) in [4.78, 5) is 40.0. The lowest BCUT2D eigenvalue weighted by molar-refractivity contribution is -0.384. The summed E-state index contributed by atoms with van der Waals surface area (Å²) in [5, 5.41) is 16.2. The summed E-state index contributed by atoms with van der Waals surface area (Å²) in [6.45, 7) is 6.75. The van der Waals surface area contributed by atoms with Gasteiger partial charge < -0.3 is 5.32 Å². The molecule has 1 N–H and O–H groups in total. The molecule has 11 heteroatoms. The predicted molar refractivity (Wildman–Crippen MR) is 165 cm³/mol. The number of aliphatic imine (C=N–C) groups is 1. The van der Waals surface area contributed by atoms with Crippen molar-refractivity contribution in [2.75, 3.05) is 5.32 Å². The summed E-state index contributed by atoms with van der Waals surface area (Å²) in [6, 6.07) is 13.3. The van der Waals surface area contributed by atoms with Gasteiger partial charge in [0.1, 0.15) is 5.00 Å². The molecular weight excluding hydrogens is 578 g/mol. The highest BCUT2D eigenvalue weighted by molar-refractivity contribution is 7.99. The first-order valence-electron chi connectivity index (χ1n) is 13.1. The molecule has 0 radical (unpaired) electrons. The van der Waals surface area contributed by atoms with Crippen LogP contribution >= 0.6 is 34.7 Å². The van der Waals surface area contributed by atoms with E-state index in [9.17, 15) is 14.9 Å². The normalized spacial score (nSPS) is 15.1. The van der Waals surface area contributed by atoms with Crippen molar-refractivity contribution in [3.05, 3.63) is 97.6 Å². The SMILES string of the molecule is CC(C)(C)[C@@H]1CCc2c(sc(N=Cc3cc([N+](=O)[O-])ccc3Sc3ncccn3)c2C(=O)Nc2ccc(Cl)cc2)C1. The first-order chi connectivity index (χ1) is 19.6. The Morgan fingerprint density at radius 1 is 1.20 bits per heavy atom. The van der Waals surface area contributed by atoms with Crippen LogP contribution in [0.4, 0.5) is 16.4 Å². The van der Waals surface area contributed by atoms with E-state index in [0.717, 1.165) is 29.7 Å². The number of nitro benzene ring substituents is 1. The third-order valence-electron chi connectivity index (χ3n) is 7.07. The predicted octanol–water partition coefficient (Wildman–Crippen LogP) is 8.40. The number of fused-ring (bicyclic) bond motifs is 1. The quantitative estimate of drug-likeness (QED) is 0.0980. The smallest absolute Gasteiger partial charge is 0.270 e. The van der Waals surface area contributed by atoms with E-state index in [1.165, 1.54) is 35.2 Å². The average Bonchev–Trinajstić information content (AvgIpc) is 3.31. The van der Waals surface area contributed by atoms with Gasteiger partial charge in [0.15, 0.2) is 5.16 Å². The summed E-state index contributed by atoms with van der Waals surface area (Å²) >= 11 is 8.84. The molecule has 0 spiro atoms. The summed E-state index contributed by atoms with van der Waals surface area (Å²) in [6.07, 6.45) is 7.53. The monoisotopic (exact) mass is 605 g/mol. The number of thiophene rings is 1. The lowest BCUT2D eigenvalue weighted by Gasteiger charge is -2.33. The maximum absolute atomic E-state index is 13.7. The topological polar surface area (TPSA) is 110 Å². The molecule has 0 saturated carbocycles. The molecule has 5 rings (SSSR count). The molecular formula is C30H28ClN5O3S2. The van der Waals surface area contributed by atoms with Gasteiger partial charge in [0.05, 0.1) is 10.5 Å². The van der Waals surface area contributed by atoms with Gasteiger partial charge in [-0.2, -0.15) is 0 Å². The Kier molecular flexibility index (Phi) is 8.53. The number of non-ortho nitro benzene ring substituents is 1. The first kappa shape index (κ1) is 28.9. The van der Waals surface area contributed by atoms with E-state index in [2.05, 4.69) is 36.1 Å². The van der Waals surface area contributed by atoms with Crippen LogP contribution in [0.1, 0.15) is 53.6 Å². The van der Waals surface area contributed by atoms with Crippen LogP contribution in [0.25, 0.3) is 0 Å². The number of nitro groups is 1. The molecule has 8 nitrogen and oxygen atoms in total. The second kappa shape index (κ2) is 12.1. The van der Waals surface area contributed by atoms with Crippen molar-refractivity contribution in [2.24, 2.45) is 16.3 Å². The highest BCUT2D eigenvalue weighted by Gasteiger charge is 2.33. The third-order valence-corrected chi connectivity index (χ3v) is 9.47. The molecule has 0 saturated heterocycles. The number of amides is 1. The second-order valence-corrected chi connectivity index (χ2v) is 13.4. The minimum Gasteiger partial charge on any atom is -0.322 e. The third kappa shape index (κ3) is 6.83. The number of halogens is 1. The average molecular weight is 606 g/mol. The van der Waals surface area contributed by atoms with Crippen LogP contribution in [0.15, 0.2) is 76.0 Å². The molecule has 1 aliphatic carbocycles. The molecule has 0 bridgehead atoms. The minimum absolute atomic E-state index is 0.0519. The van der Waals surface area contributed by atoms with Gasteiger partial charge in [0.25, 0.3) is 11.6 Å². The second-order valence-electron chi connectivity index (χ2n) is 10.8. The van der Waals surface area contributed by atoms with Crippen molar-refractivity contribution in [3.63, 3.8) is 0 Å². The molecule has 0 unspecified atom stereocenters. The number of nitrogens with zero attached hydrogens (tertiary/aromatic N) is 4. The van der Waals surface area contributed by atoms with Crippen LogP contribution < -0.4 is 5.32 Å². The molecule has 1 atom stereocenters. The number of anilines is 1. The fraction of sp³-hybridized carbons (Fsp3) is 0.267. The van der Waals surface area contributed by atoms with Crippen LogP contribution in [0, 0.1) is 21.4 Å². The summed E-state index contributed by atoms with van der Waals surface area (Å²) in [7, 11) is 0. The number of hydrogen-bond donors (Lipinski definition) is 1. The zero-order valence-electron chi connectivity index (χ0n) is 22.8. The molecule has 2 aromatic heterocycles. The Morgan fingerprint density at radius 3 is 2.61 bits per heavy atom. The van der Waals surface area contributed by atoms with Crippen LogP contribution in [0.2, 0.25) is 5.02 Å². The van der Waals surface area contributed by atoms with Crippen molar-refractivity contribution >= 4 is 63.2 Å². The van der Waals surface area contributed by atoms with Gasteiger partial charge in [0.2, 0.25) is 0 Å². The maximum Gasteiger partial charge on any atom is 0.270 e. The maximum atomic E-state index is 13.7. The van der Waals surface area contributed by atoms with Gasteiger partial charge in [-0.25, -0.2) is 15.0 Å². The van der Waals surface area contributed by atoms with Gasteiger partial charge in [0, 0.05) is 56.8 Å².